The second kappa shape index (κ2) is 6.04. The van der Waals surface area contributed by atoms with Crippen LogP contribution in [0.2, 0.25) is 0 Å². The van der Waals surface area contributed by atoms with E-state index in [1.165, 1.54) is 6.07 Å². The van der Waals surface area contributed by atoms with Gasteiger partial charge >= 0.3 is 0 Å². The fourth-order valence-corrected chi connectivity index (χ4v) is 2.26. The fraction of sp³-hybridized carbons (Fsp3) is 0.154. The monoisotopic (exact) mass is 281 g/mol. The average molecular weight is 281 g/mol. The molecule has 5 heteroatoms. The van der Waals surface area contributed by atoms with Gasteiger partial charge in [0.05, 0.1) is 13.2 Å². The zero-order chi connectivity index (χ0) is 13.0. The van der Waals surface area contributed by atoms with E-state index in [9.17, 15) is 4.39 Å². The highest BCUT2D eigenvalue weighted by atomic mass is 32.1. The zero-order valence-electron chi connectivity index (χ0n) is 9.56. The first kappa shape index (κ1) is 13.1. The lowest BCUT2D eigenvalue weighted by molar-refractivity contribution is 0.107. The molecule has 0 aliphatic heterocycles. The molecular formula is C13H12FNOS2. The van der Waals surface area contributed by atoms with Crippen molar-refractivity contribution in [2.45, 2.75) is 13.2 Å². The maximum absolute atomic E-state index is 13.5. The second-order valence-corrected chi connectivity index (χ2v) is 5.21. The molecule has 1 aromatic heterocycles. The Kier molecular flexibility index (Phi) is 4.41. The first-order valence-corrected chi connectivity index (χ1v) is 6.64. The van der Waals surface area contributed by atoms with Gasteiger partial charge in [-0.25, -0.2) is 4.39 Å². The predicted molar refractivity (Wildman–Crippen MR) is 75.1 cm³/mol. The summed E-state index contributed by atoms with van der Waals surface area (Å²) in [7, 11) is 0. The molecule has 2 N–H and O–H groups in total. The van der Waals surface area contributed by atoms with E-state index < -0.39 is 0 Å². The number of benzene rings is 1. The van der Waals surface area contributed by atoms with E-state index in [2.05, 4.69) is 0 Å². The minimum Gasteiger partial charge on any atom is -0.389 e. The molecule has 1 heterocycles. The van der Waals surface area contributed by atoms with E-state index in [1.54, 1.807) is 23.5 Å². The van der Waals surface area contributed by atoms with Gasteiger partial charge in [-0.15, -0.1) is 11.3 Å². The predicted octanol–water partition coefficient (Wildman–Crippen LogP) is 3.24. The Morgan fingerprint density at radius 2 is 2.17 bits per heavy atom. The normalized spacial score (nSPS) is 10.5. The lowest BCUT2D eigenvalue weighted by Gasteiger charge is -2.06. The summed E-state index contributed by atoms with van der Waals surface area (Å²) in [4.78, 5) is 1.37. The molecule has 0 radical (unpaired) electrons. The summed E-state index contributed by atoms with van der Waals surface area (Å²) < 4.78 is 19.0. The maximum Gasteiger partial charge on any atom is 0.128 e. The van der Waals surface area contributed by atoms with E-state index in [1.807, 2.05) is 17.5 Å². The smallest absolute Gasteiger partial charge is 0.128 e. The van der Waals surface area contributed by atoms with Crippen molar-refractivity contribution >= 4 is 28.5 Å². The number of thiocarbonyl (C=S) groups is 1. The molecule has 0 aliphatic carbocycles. The van der Waals surface area contributed by atoms with Crippen LogP contribution in [0.4, 0.5) is 4.39 Å². The van der Waals surface area contributed by atoms with Crippen molar-refractivity contribution in [1.82, 2.24) is 0 Å². The van der Waals surface area contributed by atoms with Crippen LogP contribution in [0.5, 0.6) is 0 Å². The number of rotatable bonds is 5. The molecule has 2 aromatic rings. The minimum absolute atomic E-state index is 0.209. The molecule has 0 fully saturated rings. The molecule has 1 aromatic carbocycles. The summed E-state index contributed by atoms with van der Waals surface area (Å²) in [6.45, 7) is 0.689. The molecule has 0 bridgehead atoms. The Morgan fingerprint density at radius 3 is 2.83 bits per heavy atom. The highest BCUT2D eigenvalue weighted by molar-refractivity contribution is 7.80. The lowest BCUT2D eigenvalue weighted by atomic mass is 10.1. The van der Waals surface area contributed by atoms with E-state index >= 15 is 0 Å². The SMILES string of the molecule is NC(=S)c1ccc(F)c(COCc2cccs2)c1. The van der Waals surface area contributed by atoms with Gasteiger partial charge in [0.25, 0.3) is 0 Å². The van der Waals surface area contributed by atoms with Crippen LogP contribution < -0.4 is 5.73 Å². The van der Waals surface area contributed by atoms with Gasteiger partial charge in [0.2, 0.25) is 0 Å². The van der Waals surface area contributed by atoms with Crippen LogP contribution in [0.25, 0.3) is 0 Å². The van der Waals surface area contributed by atoms with Crippen molar-refractivity contribution in [2.24, 2.45) is 5.73 Å². The second-order valence-electron chi connectivity index (χ2n) is 3.74. The Bertz CT molecular complexity index is 540. The van der Waals surface area contributed by atoms with Crippen LogP contribution >= 0.6 is 23.6 Å². The molecule has 0 atom stereocenters. The van der Waals surface area contributed by atoms with E-state index in [4.69, 9.17) is 22.7 Å². The topological polar surface area (TPSA) is 35.2 Å². The summed E-state index contributed by atoms with van der Waals surface area (Å²) in [5.41, 5.74) is 6.63. The van der Waals surface area contributed by atoms with Crippen molar-refractivity contribution < 1.29 is 9.13 Å². The van der Waals surface area contributed by atoms with Crippen LogP contribution in [-0.4, -0.2) is 4.99 Å². The highest BCUT2D eigenvalue weighted by Gasteiger charge is 2.06. The third-order valence-corrected chi connectivity index (χ3v) is 3.50. The summed E-state index contributed by atoms with van der Waals surface area (Å²) in [5, 5.41) is 1.98. The molecule has 18 heavy (non-hydrogen) atoms. The number of ether oxygens (including phenoxy) is 1. The van der Waals surface area contributed by atoms with Gasteiger partial charge in [-0.2, -0.15) is 0 Å². The summed E-state index contributed by atoms with van der Waals surface area (Å²) in [6, 6.07) is 8.49. The van der Waals surface area contributed by atoms with Crippen LogP contribution in [0.1, 0.15) is 16.0 Å². The first-order valence-electron chi connectivity index (χ1n) is 5.35. The molecule has 0 saturated heterocycles. The van der Waals surface area contributed by atoms with Gasteiger partial charge in [-0.1, -0.05) is 18.3 Å². The number of thiophene rings is 1. The van der Waals surface area contributed by atoms with Crippen molar-refractivity contribution in [3.05, 3.63) is 57.5 Å². The molecule has 0 saturated carbocycles. The van der Waals surface area contributed by atoms with Crippen molar-refractivity contribution in [3.63, 3.8) is 0 Å². The minimum atomic E-state index is -0.304. The van der Waals surface area contributed by atoms with Gasteiger partial charge in [0, 0.05) is 16.0 Å². The number of nitrogens with two attached hydrogens (primary N) is 1. The Balaban J connectivity index is 2.00. The Labute approximate surface area is 114 Å². The third kappa shape index (κ3) is 3.35. The van der Waals surface area contributed by atoms with Crippen molar-refractivity contribution in [3.8, 4) is 0 Å². The standard InChI is InChI=1S/C13H12FNOS2/c14-12-4-3-9(13(15)17)6-10(12)7-16-8-11-2-1-5-18-11/h1-6H,7-8H2,(H2,15,17). The van der Waals surface area contributed by atoms with Gasteiger partial charge < -0.3 is 10.5 Å². The van der Waals surface area contributed by atoms with Gasteiger partial charge in [0.15, 0.2) is 0 Å². The number of hydrogen-bond acceptors (Lipinski definition) is 3. The fourth-order valence-electron chi connectivity index (χ4n) is 1.49. The first-order chi connectivity index (χ1) is 8.66. The molecule has 0 aliphatic rings. The molecule has 94 valence electrons. The van der Waals surface area contributed by atoms with Crippen molar-refractivity contribution in [1.29, 1.82) is 0 Å². The molecular weight excluding hydrogens is 269 g/mol. The Morgan fingerprint density at radius 1 is 1.33 bits per heavy atom. The third-order valence-electron chi connectivity index (χ3n) is 2.41. The van der Waals surface area contributed by atoms with Crippen LogP contribution in [-0.2, 0) is 18.0 Å². The number of hydrogen-bond donors (Lipinski definition) is 1. The van der Waals surface area contributed by atoms with Gasteiger partial charge in [-0.3, -0.25) is 0 Å². The molecule has 0 unspecified atom stereocenters. The largest absolute Gasteiger partial charge is 0.389 e. The van der Waals surface area contributed by atoms with Crippen LogP contribution in [0, 0.1) is 5.82 Å². The quantitative estimate of drug-likeness (QED) is 0.855. The molecule has 0 amide bonds. The van der Waals surface area contributed by atoms with Gasteiger partial charge in [0.1, 0.15) is 10.8 Å². The van der Waals surface area contributed by atoms with E-state index in [0.29, 0.717) is 17.7 Å². The van der Waals surface area contributed by atoms with Crippen LogP contribution in [0.3, 0.4) is 0 Å². The molecule has 2 rings (SSSR count). The average Bonchev–Trinajstić information content (AvgIpc) is 2.84. The summed E-state index contributed by atoms with van der Waals surface area (Å²) in [5.74, 6) is -0.304. The van der Waals surface area contributed by atoms with Crippen molar-refractivity contribution in [2.75, 3.05) is 0 Å². The zero-order valence-corrected chi connectivity index (χ0v) is 11.2. The van der Waals surface area contributed by atoms with E-state index in [0.717, 1.165) is 4.88 Å². The highest BCUT2D eigenvalue weighted by Crippen LogP contribution is 2.15. The van der Waals surface area contributed by atoms with Crippen LogP contribution in [0.15, 0.2) is 35.7 Å². The van der Waals surface area contributed by atoms with E-state index in [-0.39, 0.29) is 17.4 Å². The number of halogens is 1. The summed E-state index contributed by atoms with van der Waals surface area (Å²) >= 11 is 6.47. The summed E-state index contributed by atoms with van der Waals surface area (Å²) in [6.07, 6.45) is 0. The molecule has 2 nitrogen and oxygen atoms in total. The maximum atomic E-state index is 13.5. The Hall–Kier alpha value is -1.30. The van der Waals surface area contributed by atoms with Gasteiger partial charge in [-0.05, 0) is 29.6 Å². The molecule has 0 spiro atoms. The lowest BCUT2D eigenvalue weighted by Crippen LogP contribution is -2.10.